The number of primary sulfonamides is 1. The molecule has 2 N–H and O–H groups in total. The third-order valence-electron chi connectivity index (χ3n) is 3.34. The minimum Gasteiger partial charge on any atom is -1.00 e. The van der Waals surface area contributed by atoms with Crippen molar-refractivity contribution in [1.82, 2.24) is 0 Å². The number of hydrogen-bond acceptors (Lipinski definition) is 3. The van der Waals surface area contributed by atoms with Gasteiger partial charge in [0.05, 0.1) is 4.90 Å². The monoisotopic (exact) mass is 398 g/mol. The van der Waals surface area contributed by atoms with Crippen molar-refractivity contribution in [1.29, 1.82) is 0 Å². The Hall–Kier alpha value is -1.28. The molecule has 0 atom stereocenters. The highest BCUT2D eigenvalue weighted by molar-refractivity contribution is 7.89. The van der Waals surface area contributed by atoms with Crippen LogP contribution in [0.3, 0.4) is 0 Å². The maximum Gasteiger partial charge on any atom is 0.238 e. The van der Waals surface area contributed by atoms with E-state index in [4.69, 9.17) is 5.14 Å². The quantitative estimate of drug-likeness (QED) is 0.586. The zero-order valence-corrected chi connectivity index (χ0v) is 15.1. The summed E-state index contributed by atoms with van der Waals surface area (Å²) in [6, 6.07) is 13.1. The Balaban J connectivity index is 0.00000176. The molecule has 4 nitrogen and oxygen atoms in total. The van der Waals surface area contributed by atoms with Gasteiger partial charge in [0.1, 0.15) is 4.70 Å². The lowest BCUT2D eigenvalue weighted by molar-refractivity contribution is -0.658. The van der Waals surface area contributed by atoms with Gasteiger partial charge in [0.2, 0.25) is 21.1 Å². The molecule has 7 heteroatoms. The van der Waals surface area contributed by atoms with E-state index in [1.807, 2.05) is 0 Å². The molecule has 0 bridgehead atoms. The maximum absolute atomic E-state index is 11.2. The summed E-state index contributed by atoms with van der Waals surface area (Å²) >= 11 is 1.70. The first-order valence-electron chi connectivity index (χ1n) is 6.42. The molecule has 116 valence electrons. The van der Waals surface area contributed by atoms with Crippen LogP contribution in [0.5, 0.6) is 0 Å². The zero-order valence-electron chi connectivity index (χ0n) is 11.9. The Morgan fingerprint density at radius 3 is 2.45 bits per heavy atom. The second-order valence-electron chi connectivity index (χ2n) is 5.01. The van der Waals surface area contributed by atoms with E-state index < -0.39 is 10.0 Å². The number of fused-ring (bicyclic) bond motifs is 1. The van der Waals surface area contributed by atoms with Crippen LogP contribution in [0.15, 0.2) is 52.9 Å². The smallest absolute Gasteiger partial charge is 0.238 e. The van der Waals surface area contributed by atoms with E-state index in [-0.39, 0.29) is 21.9 Å². The average Bonchev–Trinajstić information content (AvgIpc) is 2.80. The molecule has 0 amide bonds. The van der Waals surface area contributed by atoms with Crippen LogP contribution < -0.4 is 26.7 Å². The Morgan fingerprint density at radius 2 is 1.82 bits per heavy atom. The van der Waals surface area contributed by atoms with E-state index in [0.29, 0.717) is 6.54 Å². The van der Waals surface area contributed by atoms with Crippen molar-refractivity contribution in [2.75, 3.05) is 0 Å². The lowest BCUT2D eigenvalue weighted by Gasteiger charge is -2.00. The van der Waals surface area contributed by atoms with Crippen LogP contribution >= 0.6 is 11.3 Å². The molecule has 0 fully saturated rings. The van der Waals surface area contributed by atoms with Gasteiger partial charge < -0.3 is 17.0 Å². The summed E-state index contributed by atoms with van der Waals surface area (Å²) in [7, 11) is -3.63. The highest BCUT2D eigenvalue weighted by atomic mass is 79.9. The van der Waals surface area contributed by atoms with Gasteiger partial charge in [-0.25, -0.2) is 13.6 Å². The number of benzene rings is 2. The summed E-state index contributed by atoms with van der Waals surface area (Å²) < 4.78 is 25.9. The lowest BCUT2D eigenvalue weighted by atomic mass is 10.2. The second kappa shape index (κ2) is 6.45. The van der Waals surface area contributed by atoms with Crippen molar-refractivity contribution in [3.8, 4) is 0 Å². The summed E-state index contributed by atoms with van der Waals surface area (Å²) in [5, 5.41) is 5.10. The number of nitrogens with two attached hydrogens (primary N) is 1. The van der Waals surface area contributed by atoms with E-state index in [1.165, 1.54) is 15.8 Å². The van der Waals surface area contributed by atoms with E-state index >= 15 is 0 Å². The highest BCUT2D eigenvalue weighted by Gasteiger charge is 2.13. The molecule has 0 aliphatic heterocycles. The van der Waals surface area contributed by atoms with Gasteiger partial charge in [-0.05, 0) is 30.7 Å². The molecule has 0 aliphatic rings. The maximum atomic E-state index is 11.2. The standard InChI is InChI=1S/C15H15N2O2S2.BrH/c1-11-2-7-14-15(8-11)20-10-17(14)9-12-3-5-13(6-4-12)21(16,18)19;/h2-8,10H,9H2,1H3,(H2,16,18,19);1H/q+1;/p-1. The molecule has 22 heavy (non-hydrogen) atoms. The van der Waals surface area contributed by atoms with Crippen molar-refractivity contribution < 1.29 is 30.0 Å². The van der Waals surface area contributed by atoms with E-state index in [1.54, 1.807) is 35.6 Å². The summed E-state index contributed by atoms with van der Waals surface area (Å²) in [5.74, 6) is 0. The van der Waals surface area contributed by atoms with Gasteiger partial charge in [-0.3, -0.25) is 0 Å². The number of aromatic nitrogens is 1. The molecule has 0 saturated carbocycles. The van der Waals surface area contributed by atoms with Crippen LogP contribution in [0.4, 0.5) is 0 Å². The predicted molar refractivity (Wildman–Crippen MR) is 83.7 cm³/mol. The Kier molecular flexibility index (Phi) is 5.01. The van der Waals surface area contributed by atoms with Gasteiger partial charge in [0.15, 0.2) is 6.54 Å². The molecule has 0 spiro atoms. The minimum absolute atomic E-state index is 0. The summed E-state index contributed by atoms with van der Waals surface area (Å²) in [6.45, 7) is 2.78. The molecule has 3 aromatic rings. The topological polar surface area (TPSA) is 64.0 Å². The van der Waals surface area contributed by atoms with Crippen molar-refractivity contribution in [2.24, 2.45) is 5.14 Å². The fourth-order valence-corrected chi connectivity index (χ4v) is 3.74. The Morgan fingerprint density at radius 1 is 1.14 bits per heavy atom. The van der Waals surface area contributed by atoms with Crippen LogP contribution in [0, 0.1) is 6.92 Å². The third kappa shape index (κ3) is 3.55. The molecular formula is C15H15BrN2O2S2. The summed E-state index contributed by atoms with van der Waals surface area (Å²) in [4.78, 5) is 0.141. The first kappa shape index (κ1) is 17.1. The van der Waals surface area contributed by atoms with Crippen LogP contribution in [-0.2, 0) is 16.6 Å². The number of halogens is 1. The summed E-state index contributed by atoms with van der Waals surface area (Å²) in [5.41, 5.74) is 5.54. The molecule has 2 aromatic carbocycles. The first-order valence-corrected chi connectivity index (χ1v) is 8.85. The molecular weight excluding hydrogens is 384 g/mol. The molecule has 3 rings (SSSR count). The number of nitrogens with zero attached hydrogens (tertiary/aromatic N) is 1. The fourth-order valence-electron chi connectivity index (χ4n) is 2.23. The fraction of sp³-hybridized carbons (Fsp3) is 0.133. The molecule has 0 aliphatic carbocycles. The molecule has 1 aromatic heterocycles. The SMILES string of the molecule is Cc1ccc2c(c1)sc[n+]2Cc1ccc(S(N)(=O)=O)cc1.[Br-]. The molecule has 0 unspecified atom stereocenters. The predicted octanol–water partition coefficient (Wildman–Crippen LogP) is -0.803. The van der Waals surface area contributed by atoms with Crippen LogP contribution in [0.2, 0.25) is 0 Å². The van der Waals surface area contributed by atoms with E-state index in [0.717, 1.165) is 5.56 Å². The second-order valence-corrected chi connectivity index (χ2v) is 7.46. The average molecular weight is 399 g/mol. The van der Waals surface area contributed by atoms with E-state index in [2.05, 4.69) is 35.2 Å². The molecule has 1 heterocycles. The number of sulfonamides is 1. The minimum atomic E-state index is -3.63. The lowest BCUT2D eigenvalue weighted by Crippen LogP contribution is -3.00. The Labute approximate surface area is 144 Å². The molecule has 0 radical (unpaired) electrons. The van der Waals surface area contributed by atoms with E-state index in [9.17, 15) is 8.42 Å². The zero-order chi connectivity index (χ0) is 15.0. The Bertz CT molecular complexity index is 903. The van der Waals surface area contributed by atoms with Crippen LogP contribution in [0.1, 0.15) is 11.1 Å². The van der Waals surface area contributed by atoms with Crippen molar-refractivity contribution in [3.05, 3.63) is 59.1 Å². The number of hydrogen-bond donors (Lipinski definition) is 1. The van der Waals surface area contributed by atoms with Crippen molar-refractivity contribution in [2.45, 2.75) is 18.4 Å². The normalized spacial score (nSPS) is 11.4. The van der Waals surface area contributed by atoms with Gasteiger partial charge >= 0.3 is 0 Å². The van der Waals surface area contributed by atoms with Crippen molar-refractivity contribution in [3.63, 3.8) is 0 Å². The van der Waals surface area contributed by atoms with Gasteiger partial charge in [0, 0.05) is 11.6 Å². The third-order valence-corrected chi connectivity index (χ3v) is 5.21. The van der Waals surface area contributed by atoms with Gasteiger partial charge in [0.25, 0.3) is 0 Å². The van der Waals surface area contributed by atoms with Gasteiger partial charge in [-0.1, -0.05) is 29.5 Å². The van der Waals surface area contributed by atoms with Gasteiger partial charge in [-0.2, -0.15) is 4.57 Å². The number of rotatable bonds is 3. The largest absolute Gasteiger partial charge is 1.00 e. The van der Waals surface area contributed by atoms with Crippen LogP contribution in [-0.4, -0.2) is 8.42 Å². The van der Waals surface area contributed by atoms with Crippen molar-refractivity contribution >= 4 is 31.6 Å². The van der Waals surface area contributed by atoms with Crippen LogP contribution in [0.25, 0.3) is 10.2 Å². The highest BCUT2D eigenvalue weighted by Crippen LogP contribution is 2.18. The number of thiazole rings is 1. The molecule has 0 saturated heterocycles. The van der Waals surface area contributed by atoms with Gasteiger partial charge in [-0.15, -0.1) is 0 Å². The number of aryl methyl sites for hydroxylation is 1. The summed E-state index contributed by atoms with van der Waals surface area (Å²) in [6.07, 6.45) is 0. The first-order chi connectivity index (χ1) is 9.93.